The van der Waals surface area contributed by atoms with E-state index in [-0.39, 0.29) is 17.2 Å². The van der Waals surface area contributed by atoms with Crippen LogP contribution in [0.4, 0.5) is 0 Å². The van der Waals surface area contributed by atoms with Crippen LogP contribution in [-0.4, -0.2) is 5.78 Å². The van der Waals surface area contributed by atoms with Crippen molar-refractivity contribution in [2.75, 3.05) is 0 Å². The maximum absolute atomic E-state index is 12.4. The van der Waals surface area contributed by atoms with E-state index in [0.717, 1.165) is 0 Å². The van der Waals surface area contributed by atoms with Gasteiger partial charge in [0.1, 0.15) is 17.4 Å². The normalized spacial score (nSPS) is 21.3. The summed E-state index contributed by atoms with van der Waals surface area (Å²) in [5.41, 5.74) is 7.20. The van der Waals surface area contributed by atoms with Crippen molar-refractivity contribution in [3.63, 3.8) is 0 Å². The number of nitrogens with two attached hydrogens (primary N) is 1. The molecule has 6 heteroatoms. The Morgan fingerprint density at radius 3 is 2.77 bits per heavy atom. The number of carbonyl (C=O) groups is 1. The highest BCUT2D eigenvalue weighted by atomic mass is 35.5. The van der Waals surface area contributed by atoms with Crippen LogP contribution in [0.5, 0.6) is 0 Å². The molecule has 0 bridgehead atoms. The SMILES string of the molecule is N#CC1=C(N)OC2=C(C(=O)CCC2)[C@@H]1c1ccc(Cl)cc1Cl. The smallest absolute Gasteiger partial charge is 0.205 e. The molecule has 0 fully saturated rings. The summed E-state index contributed by atoms with van der Waals surface area (Å²) < 4.78 is 5.50. The molecule has 0 amide bonds. The standard InChI is InChI=1S/C16H12Cl2N2O2/c17-8-4-5-9(11(18)6-8)14-10(7-19)16(20)22-13-3-1-2-12(21)15(13)14/h4-6,14H,1-3,20H2/t14-/m1/s1. The number of nitriles is 1. The summed E-state index contributed by atoms with van der Waals surface area (Å²) in [5, 5.41) is 10.3. The molecule has 1 aliphatic carbocycles. The zero-order chi connectivity index (χ0) is 15.9. The zero-order valence-corrected chi connectivity index (χ0v) is 13.0. The lowest BCUT2D eigenvalue weighted by Crippen LogP contribution is -2.27. The number of ether oxygens (including phenoxy) is 1. The molecular formula is C16H12Cl2N2O2. The first-order valence-electron chi connectivity index (χ1n) is 6.81. The second-order valence-corrected chi connectivity index (χ2v) is 6.05. The van der Waals surface area contributed by atoms with E-state index in [9.17, 15) is 10.1 Å². The second kappa shape index (κ2) is 5.68. The van der Waals surface area contributed by atoms with Crippen molar-refractivity contribution in [2.24, 2.45) is 5.73 Å². The Morgan fingerprint density at radius 2 is 2.09 bits per heavy atom. The molecule has 0 radical (unpaired) electrons. The third-order valence-electron chi connectivity index (χ3n) is 3.88. The highest BCUT2D eigenvalue weighted by Gasteiger charge is 2.38. The molecule has 0 aromatic heterocycles. The van der Waals surface area contributed by atoms with E-state index in [1.165, 1.54) is 0 Å². The minimum Gasteiger partial charge on any atom is -0.444 e. The van der Waals surface area contributed by atoms with E-state index in [1.807, 2.05) is 6.07 Å². The molecule has 2 N–H and O–H groups in total. The molecule has 1 aliphatic heterocycles. The molecule has 0 unspecified atom stereocenters. The Kier molecular flexibility index (Phi) is 3.86. The number of hydrogen-bond acceptors (Lipinski definition) is 4. The number of carbonyl (C=O) groups excluding carboxylic acids is 1. The van der Waals surface area contributed by atoms with Crippen LogP contribution in [0.15, 0.2) is 41.0 Å². The first-order valence-corrected chi connectivity index (χ1v) is 7.57. The fourth-order valence-electron chi connectivity index (χ4n) is 2.90. The summed E-state index contributed by atoms with van der Waals surface area (Å²) in [7, 11) is 0. The van der Waals surface area contributed by atoms with E-state index in [4.69, 9.17) is 33.7 Å². The van der Waals surface area contributed by atoms with Crippen molar-refractivity contribution < 1.29 is 9.53 Å². The van der Waals surface area contributed by atoms with E-state index < -0.39 is 5.92 Å². The minimum atomic E-state index is -0.591. The molecule has 112 valence electrons. The van der Waals surface area contributed by atoms with E-state index in [0.29, 0.717) is 46.2 Å². The molecule has 22 heavy (non-hydrogen) atoms. The summed E-state index contributed by atoms with van der Waals surface area (Å²) in [6.07, 6.45) is 1.78. The summed E-state index contributed by atoms with van der Waals surface area (Å²) in [4.78, 5) is 12.4. The molecule has 0 spiro atoms. The van der Waals surface area contributed by atoms with Crippen molar-refractivity contribution in [2.45, 2.75) is 25.2 Å². The molecule has 1 aromatic rings. The lowest BCUT2D eigenvalue weighted by Gasteiger charge is -2.31. The maximum Gasteiger partial charge on any atom is 0.205 e. The van der Waals surface area contributed by atoms with Gasteiger partial charge in [0.15, 0.2) is 5.78 Å². The fourth-order valence-corrected chi connectivity index (χ4v) is 3.42. The van der Waals surface area contributed by atoms with E-state index >= 15 is 0 Å². The maximum atomic E-state index is 12.4. The highest BCUT2D eigenvalue weighted by Crippen LogP contribution is 2.45. The Hall–Kier alpha value is -1.96. The molecule has 4 nitrogen and oxygen atoms in total. The van der Waals surface area contributed by atoms with Gasteiger partial charge in [-0.25, -0.2) is 0 Å². The van der Waals surface area contributed by atoms with Gasteiger partial charge in [0.2, 0.25) is 5.88 Å². The molecule has 0 saturated carbocycles. The average molecular weight is 335 g/mol. The van der Waals surface area contributed by atoms with Crippen LogP contribution in [0, 0.1) is 11.3 Å². The second-order valence-electron chi connectivity index (χ2n) is 5.20. The van der Waals surface area contributed by atoms with Gasteiger partial charge in [0.25, 0.3) is 0 Å². The van der Waals surface area contributed by atoms with Gasteiger partial charge >= 0.3 is 0 Å². The number of halogens is 2. The molecule has 3 rings (SSSR count). The van der Waals surface area contributed by atoms with Crippen molar-refractivity contribution in [3.8, 4) is 6.07 Å². The number of Topliss-reactive ketones (excluding diaryl/α,β-unsaturated/α-hetero) is 1. The number of nitrogens with zero attached hydrogens (tertiary/aromatic N) is 1. The topological polar surface area (TPSA) is 76.1 Å². The van der Waals surface area contributed by atoms with Crippen molar-refractivity contribution >= 4 is 29.0 Å². The quantitative estimate of drug-likeness (QED) is 0.847. The molecular weight excluding hydrogens is 323 g/mol. The average Bonchev–Trinajstić information content (AvgIpc) is 2.46. The first-order chi connectivity index (χ1) is 10.5. The van der Waals surface area contributed by atoms with Crippen molar-refractivity contribution in [1.82, 2.24) is 0 Å². The van der Waals surface area contributed by atoms with Crippen LogP contribution >= 0.6 is 23.2 Å². The molecule has 1 aromatic carbocycles. The number of rotatable bonds is 1. The zero-order valence-electron chi connectivity index (χ0n) is 11.5. The van der Waals surface area contributed by atoms with Gasteiger partial charge in [-0.2, -0.15) is 5.26 Å². The fraction of sp³-hybridized carbons (Fsp3) is 0.250. The van der Waals surface area contributed by atoms with Gasteiger partial charge in [-0.1, -0.05) is 29.3 Å². The number of allylic oxidation sites excluding steroid dienone is 3. The summed E-state index contributed by atoms with van der Waals surface area (Å²) in [6, 6.07) is 7.04. The van der Waals surface area contributed by atoms with E-state index in [2.05, 4.69) is 0 Å². The number of ketones is 1. The number of benzene rings is 1. The molecule has 0 saturated heterocycles. The minimum absolute atomic E-state index is 0.0301. The first kappa shape index (κ1) is 15.0. The van der Waals surface area contributed by atoms with Gasteiger partial charge < -0.3 is 10.5 Å². The van der Waals surface area contributed by atoms with Crippen LogP contribution in [0.25, 0.3) is 0 Å². The van der Waals surface area contributed by atoms with Gasteiger partial charge in [-0.05, 0) is 24.1 Å². The molecule has 2 aliphatic rings. The third-order valence-corrected chi connectivity index (χ3v) is 4.44. The predicted molar refractivity (Wildman–Crippen MR) is 83.0 cm³/mol. The Bertz CT molecular complexity index is 775. The lowest BCUT2D eigenvalue weighted by atomic mass is 9.77. The summed E-state index contributed by atoms with van der Waals surface area (Å²) >= 11 is 12.2. The Labute approximate surface area is 137 Å². The third kappa shape index (κ3) is 2.37. The number of hydrogen-bond donors (Lipinski definition) is 1. The Balaban J connectivity index is 2.22. The van der Waals surface area contributed by atoms with Gasteiger partial charge in [-0.3, -0.25) is 4.79 Å². The van der Waals surface area contributed by atoms with Crippen molar-refractivity contribution in [3.05, 3.63) is 56.6 Å². The molecule has 1 heterocycles. The van der Waals surface area contributed by atoms with Gasteiger partial charge in [0, 0.05) is 28.5 Å². The van der Waals surface area contributed by atoms with Crippen molar-refractivity contribution in [1.29, 1.82) is 5.26 Å². The van der Waals surface area contributed by atoms with Gasteiger partial charge in [-0.15, -0.1) is 0 Å². The molecule has 1 atom stereocenters. The van der Waals surface area contributed by atoms with Crippen LogP contribution < -0.4 is 5.73 Å². The van der Waals surface area contributed by atoms with Crippen LogP contribution in [0.1, 0.15) is 30.7 Å². The van der Waals surface area contributed by atoms with Gasteiger partial charge in [0.05, 0.1) is 5.92 Å². The summed E-state index contributed by atoms with van der Waals surface area (Å²) in [6.45, 7) is 0. The predicted octanol–water partition coefficient (Wildman–Crippen LogP) is 3.81. The largest absolute Gasteiger partial charge is 0.444 e. The lowest BCUT2D eigenvalue weighted by molar-refractivity contribution is -0.116. The van der Waals surface area contributed by atoms with E-state index in [1.54, 1.807) is 18.2 Å². The summed E-state index contributed by atoms with van der Waals surface area (Å²) in [5.74, 6) is -0.0421. The monoisotopic (exact) mass is 334 g/mol. The van der Waals surface area contributed by atoms with Crippen LogP contribution in [-0.2, 0) is 9.53 Å². The van der Waals surface area contributed by atoms with Crippen LogP contribution in [0.2, 0.25) is 10.0 Å². The Morgan fingerprint density at radius 1 is 1.32 bits per heavy atom. The van der Waals surface area contributed by atoms with Crippen LogP contribution in [0.3, 0.4) is 0 Å². The highest BCUT2D eigenvalue weighted by molar-refractivity contribution is 6.35.